The Kier molecular flexibility index (Phi) is 5.46. The Morgan fingerprint density at radius 1 is 1.42 bits per heavy atom. The summed E-state index contributed by atoms with van der Waals surface area (Å²) < 4.78 is 3.36. The molecule has 0 aliphatic heterocycles. The first kappa shape index (κ1) is 15.0. The van der Waals surface area contributed by atoms with Gasteiger partial charge in [0, 0.05) is 19.0 Å². The molecule has 2 rings (SSSR count). The minimum Gasteiger partial charge on any atom is -0.313 e. The Hall–Kier alpha value is -0.350. The van der Waals surface area contributed by atoms with Crippen molar-refractivity contribution in [1.82, 2.24) is 15.1 Å². The van der Waals surface area contributed by atoms with E-state index >= 15 is 0 Å². The molecule has 0 aromatic carbocycles. The standard InChI is InChI=1S/C15H26BrN3/c1-4-9-17-13(12-7-6-8-12)10-14-15(16)11(3)18-19(14)5-2/h12-13,17H,4-10H2,1-3H3. The molecule has 1 aromatic rings. The van der Waals surface area contributed by atoms with E-state index in [4.69, 9.17) is 0 Å². The largest absolute Gasteiger partial charge is 0.313 e. The van der Waals surface area contributed by atoms with Crippen LogP contribution in [0.2, 0.25) is 0 Å². The van der Waals surface area contributed by atoms with Crippen LogP contribution in [0, 0.1) is 12.8 Å². The van der Waals surface area contributed by atoms with E-state index in [-0.39, 0.29) is 0 Å². The molecule has 1 unspecified atom stereocenters. The molecular formula is C15H26BrN3. The summed E-state index contributed by atoms with van der Waals surface area (Å²) in [6, 6.07) is 0.617. The third-order valence-electron chi connectivity index (χ3n) is 4.24. The number of halogens is 1. The van der Waals surface area contributed by atoms with Gasteiger partial charge < -0.3 is 5.32 Å². The Morgan fingerprint density at radius 2 is 2.16 bits per heavy atom. The van der Waals surface area contributed by atoms with E-state index in [2.05, 4.69) is 51.8 Å². The van der Waals surface area contributed by atoms with E-state index in [1.165, 1.54) is 35.8 Å². The quantitative estimate of drug-likeness (QED) is 0.827. The summed E-state index contributed by atoms with van der Waals surface area (Å²) in [7, 11) is 0. The van der Waals surface area contributed by atoms with Gasteiger partial charge in [-0.1, -0.05) is 13.3 Å². The minimum absolute atomic E-state index is 0.617. The third-order valence-corrected chi connectivity index (χ3v) is 5.27. The summed E-state index contributed by atoms with van der Waals surface area (Å²) in [4.78, 5) is 0. The predicted octanol–water partition coefficient (Wildman–Crippen LogP) is 3.68. The van der Waals surface area contributed by atoms with Crippen molar-refractivity contribution >= 4 is 15.9 Å². The third kappa shape index (κ3) is 3.40. The van der Waals surface area contributed by atoms with Crippen LogP contribution in [0.15, 0.2) is 4.47 Å². The van der Waals surface area contributed by atoms with E-state index in [0.717, 1.165) is 31.1 Å². The van der Waals surface area contributed by atoms with Crippen molar-refractivity contribution in [3.05, 3.63) is 15.9 Å². The molecule has 1 aliphatic carbocycles. The first-order chi connectivity index (χ1) is 9.17. The van der Waals surface area contributed by atoms with Gasteiger partial charge in [-0.25, -0.2) is 0 Å². The van der Waals surface area contributed by atoms with Gasteiger partial charge in [0.15, 0.2) is 0 Å². The molecule has 1 fully saturated rings. The Bertz CT molecular complexity index is 410. The number of nitrogens with zero attached hydrogens (tertiary/aromatic N) is 2. The molecule has 4 heteroatoms. The number of rotatable bonds is 7. The van der Waals surface area contributed by atoms with Crippen molar-refractivity contribution in [3.63, 3.8) is 0 Å². The lowest BCUT2D eigenvalue weighted by Gasteiger charge is -2.34. The lowest BCUT2D eigenvalue weighted by atomic mass is 9.78. The van der Waals surface area contributed by atoms with Crippen LogP contribution in [-0.2, 0) is 13.0 Å². The lowest BCUT2D eigenvalue weighted by molar-refractivity contribution is 0.225. The zero-order valence-corrected chi connectivity index (χ0v) is 14.0. The molecule has 1 N–H and O–H groups in total. The SMILES string of the molecule is CCCNC(Cc1c(Br)c(C)nn1CC)C1CCC1. The molecule has 0 spiro atoms. The normalized spacial score (nSPS) is 17.5. The number of aryl methyl sites for hydroxylation is 2. The molecule has 19 heavy (non-hydrogen) atoms. The van der Waals surface area contributed by atoms with Crippen molar-refractivity contribution in [3.8, 4) is 0 Å². The maximum atomic E-state index is 4.61. The average molecular weight is 328 g/mol. The van der Waals surface area contributed by atoms with Crippen LogP contribution in [0.3, 0.4) is 0 Å². The van der Waals surface area contributed by atoms with Gasteiger partial charge in [-0.3, -0.25) is 4.68 Å². The maximum absolute atomic E-state index is 4.61. The number of hydrogen-bond donors (Lipinski definition) is 1. The van der Waals surface area contributed by atoms with Gasteiger partial charge in [-0.2, -0.15) is 5.10 Å². The fourth-order valence-corrected chi connectivity index (χ4v) is 3.30. The summed E-state index contributed by atoms with van der Waals surface area (Å²) in [6.07, 6.45) is 6.48. The Balaban J connectivity index is 2.11. The van der Waals surface area contributed by atoms with Crippen molar-refractivity contribution in [2.24, 2.45) is 5.92 Å². The molecule has 3 nitrogen and oxygen atoms in total. The van der Waals surface area contributed by atoms with E-state index in [1.807, 2.05) is 0 Å². The van der Waals surface area contributed by atoms with Crippen molar-refractivity contribution in [2.45, 2.75) is 65.5 Å². The van der Waals surface area contributed by atoms with E-state index in [1.54, 1.807) is 0 Å². The highest BCUT2D eigenvalue weighted by Crippen LogP contribution is 2.32. The van der Waals surface area contributed by atoms with Crippen LogP contribution in [0.5, 0.6) is 0 Å². The second-order valence-electron chi connectivity index (χ2n) is 5.62. The van der Waals surface area contributed by atoms with Crippen molar-refractivity contribution in [2.75, 3.05) is 6.54 Å². The van der Waals surface area contributed by atoms with Crippen LogP contribution in [0.1, 0.15) is 50.9 Å². The molecule has 0 bridgehead atoms. The Labute approximate surface area is 125 Å². The summed E-state index contributed by atoms with van der Waals surface area (Å²) >= 11 is 3.72. The number of hydrogen-bond acceptors (Lipinski definition) is 2. The van der Waals surface area contributed by atoms with Gasteiger partial charge in [0.25, 0.3) is 0 Å². The van der Waals surface area contributed by atoms with Crippen LogP contribution in [0.4, 0.5) is 0 Å². The first-order valence-electron chi connectivity index (χ1n) is 7.62. The molecule has 0 amide bonds. The zero-order chi connectivity index (χ0) is 13.8. The van der Waals surface area contributed by atoms with Crippen LogP contribution in [0.25, 0.3) is 0 Å². The molecule has 1 aliphatic rings. The lowest BCUT2D eigenvalue weighted by Crippen LogP contribution is -2.42. The average Bonchev–Trinajstić information content (AvgIpc) is 2.61. The maximum Gasteiger partial charge on any atom is 0.0738 e. The molecular weight excluding hydrogens is 302 g/mol. The van der Waals surface area contributed by atoms with Crippen molar-refractivity contribution in [1.29, 1.82) is 0 Å². The van der Waals surface area contributed by atoms with Gasteiger partial charge in [-0.15, -0.1) is 0 Å². The van der Waals surface area contributed by atoms with Gasteiger partial charge >= 0.3 is 0 Å². The minimum atomic E-state index is 0.617. The van der Waals surface area contributed by atoms with E-state index < -0.39 is 0 Å². The molecule has 1 saturated carbocycles. The summed E-state index contributed by atoms with van der Waals surface area (Å²) in [5.41, 5.74) is 2.47. The second kappa shape index (κ2) is 6.89. The molecule has 0 saturated heterocycles. The molecule has 108 valence electrons. The first-order valence-corrected chi connectivity index (χ1v) is 8.41. The fraction of sp³-hybridized carbons (Fsp3) is 0.800. The van der Waals surface area contributed by atoms with Gasteiger partial charge in [0.05, 0.1) is 15.9 Å². The molecule has 1 aromatic heterocycles. The number of aromatic nitrogens is 2. The highest BCUT2D eigenvalue weighted by atomic mass is 79.9. The van der Waals surface area contributed by atoms with Crippen LogP contribution >= 0.6 is 15.9 Å². The molecule has 1 heterocycles. The fourth-order valence-electron chi connectivity index (χ4n) is 2.85. The summed E-state index contributed by atoms with van der Waals surface area (Å²) in [5, 5.41) is 8.35. The molecule has 0 radical (unpaired) electrons. The van der Waals surface area contributed by atoms with E-state index in [9.17, 15) is 0 Å². The Morgan fingerprint density at radius 3 is 2.68 bits per heavy atom. The second-order valence-corrected chi connectivity index (χ2v) is 6.41. The van der Waals surface area contributed by atoms with Crippen molar-refractivity contribution < 1.29 is 0 Å². The molecule has 1 atom stereocenters. The van der Waals surface area contributed by atoms with E-state index in [0.29, 0.717) is 6.04 Å². The topological polar surface area (TPSA) is 29.9 Å². The summed E-state index contributed by atoms with van der Waals surface area (Å²) in [5.74, 6) is 0.860. The van der Waals surface area contributed by atoms with Gasteiger partial charge in [-0.05, 0) is 61.5 Å². The van der Waals surface area contributed by atoms with Gasteiger partial charge in [0.2, 0.25) is 0 Å². The monoisotopic (exact) mass is 327 g/mol. The highest BCUT2D eigenvalue weighted by Gasteiger charge is 2.28. The smallest absolute Gasteiger partial charge is 0.0738 e. The van der Waals surface area contributed by atoms with Crippen LogP contribution in [-0.4, -0.2) is 22.4 Å². The highest BCUT2D eigenvalue weighted by molar-refractivity contribution is 9.10. The van der Waals surface area contributed by atoms with Gasteiger partial charge in [0.1, 0.15) is 0 Å². The predicted molar refractivity (Wildman–Crippen MR) is 83.5 cm³/mol. The zero-order valence-electron chi connectivity index (χ0n) is 12.4. The number of nitrogens with one attached hydrogen (secondary N) is 1. The van der Waals surface area contributed by atoms with Crippen LogP contribution < -0.4 is 5.32 Å². The summed E-state index contributed by atoms with van der Waals surface area (Å²) in [6.45, 7) is 8.56.